The van der Waals surface area contributed by atoms with Crippen LogP contribution >= 0.6 is 0 Å². The standard InChI is InChI=1S/C14H18N4O2/c19-8-7-10-1-3-12(4-2-10)16-14-18-17-13(20-14)9-15-11-5-6-11/h1-4,11,15,19H,5-9H2,(H,16,18). The number of aromatic nitrogens is 2. The summed E-state index contributed by atoms with van der Waals surface area (Å²) in [6.07, 6.45) is 3.14. The van der Waals surface area contributed by atoms with Gasteiger partial charge in [0.25, 0.3) is 0 Å². The second-order valence-corrected chi connectivity index (χ2v) is 4.95. The van der Waals surface area contributed by atoms with Gasteiger partial charge in [0.2, 0.25) is 5.89 Å². The molecule has 1 aromatic carbocycles. The molecule has 0 bridgehead atoms. The number of rotatable bonds is 7. The highest BCUT2D eigenvalue weighted by Gasteiger charge is 2.21. The summed E-state index contributed by atoms with van der Waals surface area (Å²) in [5.41, 5.74) is 1.98. The van der Waals surface area contributed by atoms with Gasteiger partial charge in [-0.25, -0.2) is 0 Å². The third-order valence-corrected chi connectivity index (χ3v) is 3.19. The van der Waals surface area contributed by atoms with Crippen LogP contribution in [-0.2, 0) is 13.0 Å². The number of anilines is 2. The average Bonchev–Trinajstić information content (AvgIpc) is 3.19. The number of nitrogens with one attached hydrogen (secondary N) is 2. The Morgan fingerprint density at radius 1 is 1.20 bits per heavy atom. The molecule has 0 aliphatic heterocycles. The van der Waals surface area contributed by atoms with Gasteiger partial charge in [0, 0.05) is 18.3 Å². The second kappa shape index (κ2) is 6.02. The Balaban J connectivity index is 1.56. The summed E-state index contributed by atoms with van der Waals surface area (Å²) in [6.45, 7) is 0.780. The third kappa shape index (κ3) is 3.55. The van der Waals surface area contributed by atoms with E-state index in [4.69, 9.17) is 9.52 Å². The Morgan fingerprint density at radius 3 is 2.70 bits per heavy atom. The molecule has 0 unspecified atom stereocenters. The molecule has 106 valence electrons. The lowest BCUT2D eigenvalue weighted by atomic mass is 10.1. The molecule has 0 atom stereocenters. The summed E-state index contributed by atoms with van der Waals surface area (Å²) in [6, 6.07) is 8.80. The first kappa shape index (κ1) is 13.1. The van der Waals surface area contributed by atoms with E-state index in [9.17, 15) is 0 Å². The number of hydrogen-bond acceptors (Lipinski definition) is 6. The molecule has 3 rings (SSSR count). The van der Waals surface area contributed by atoms with Gasteiger partial charge in [-0.2, -0.15) is 0 Å². The molecule has 0 amide bonds. The Kier molecular flexibility index (Phi) is 3.94. The van der Waals surface area contributed by atoms with Crippen molar-refractivity contribution in [3.63, 3.8) is 0 Å². The van der Waals surface area contributed by atoms with E-state index < -0.39 is 0 Å². The number of hydrogen-bond donors (Lipinski definition) is 3. The van der Waals surface area contributed by atoms with Crippen LogP contribution < -0.4 is 10.6 Å². The summed E-state index contributed by atoms with van der Waals surface area (Å²) in [7, 11) is 0. The van der Waals surface area contributed by atoms with E-state index in [2.05, 4.69) is 20.8 Å². The van der Waals surface area contributed by atoms with Gasteiger partial charge in [-0.3, -0.25) is 0 Å². The normalized spacial score (nSPS) is 14.4. The minimum absolute atomic E-state index is 0.161. The molecule has 1 fully saturated rings. The van der Waals surface area contributed by atoms with E-state index >= 15 is 0 Å². The first-order valence-corrected chi connectivity index (χ1v) is 6.86. The lowest BCUT2D eigenvalue weighted by molar-refractivity contribution is 0.299. The minimum Gasteiger partial charge on any atom is -0.406 e. The molecule has 2 aromatic rings. The SMILES string of the molecule is OCCc1ccc(Nc2nnc(CNC3CC3)o2)cc1. The fraction of sp³-hybridized carbons (Fsp3) is 0.429. The maximum Gasteiger partial charge on any atom is 0.320 e. The van der Waals surface area contributed by atoms with E-state index in [-0.39, 0.29) is 6.61 Å². The van der Waals surface area contributed by atoms with Crippen LogP contribution in [0.4, 0.5) is 11.7 Å². The third-order valence-electron chi connectivity index (χ3n) is 3.19. The summed E-state index contributed by atoms with van der Waals surface area (Å²) in [5.74, 6) is 0.594. The highest BCUT2D eigenvalue weighted by atomic mass is 16.4. The first-order chi connectivity index (χ1) is 9.83. The van der Waals surface area contributed by atoms with E-state index in [1.807, 2.05) is 24.3 Å². The molecular formula is C14H18N4O2. The van der Waals surface area contributed by atoms with Gasteiger partial charge in [0.05, 0.1) is 6.54 Å². The number of aliphatic hydroxyl groups is 1. The number of nitrogens with zero attached hydrogens (tertiary/aromatic N) is 2. The van der Waals surface area contributed by atoms with Crippen molar-refractivity contribution in [3.05, 3.63) is 35.7 Å². The van der Waals surface area contributed by atoms with E-state index in [1.54, 1.807) is 0 Å². The van der Waals surface area contributed by atoms with Crippen molar-refractivity contribution in [2.24, 2.45) is 0 Å². The van der Waals surface area contributed by atoms with Crippen molar-refractivity contribution >= 4 is 11.7 Å². The quantitative estimate of drug-likeness (QED) is 0.711. The summed E-state index contributed by atoms with van der Waals surface area (Å²) in [4.78, 5) is 0. The highest BCUT2D eigenvalue weighted by molar-refractivity contribution is 5.52. The Hall–Kier alpha value is -1.92. The zero-order valence-electron chi connectivity index (χ0n) is 11.2. The predicted molar refractivity (Wildman–Crippen MR) is 74.7 cm³/mol. The average molecular weight is 274 g/mol. The fourth-order valence-electron chi connectivity index (χ4n) is 1.90. The van der Waals surface area contributed by atoms with Gasteiger partial charge in [0.15, 0.2) is 0 Å². The van der Waals surface area contributed by atoms with Crippen LogP contribution in [0.5, 0.6) is 0 Å². The summed E-state index contributed by atoms with van der Waals surface area (Å²) < 4.78 is 5.51. The molecule has 6 nitrogen and oxygen atoms in total. The minimum atomic E-state index is 0.161. The monoisotopic (exact) mass is 274 g/mol. The maximum absolute atomic E-state index is 8.87. The molecule has 20 heavy (non-hydrogen) atoms. The van der Waals surface area contributed by atoms with Gasteiger partial charge >= 0.3 is 6.01 Å². The van der Waals surface area contributed by atoms with Crippen molar-refractivity contribution in [1.82, 2.24) is 15.5 Å². The largest absolute Gasteiger partial charge is 0.406 e. The molecule has 6 heteroatoms. The van der Waals surface area contributed by atoms with Crippen LogP contribution in [0.15, 0.2) is 28.7 Å². The van der Waals surface area contributed by atoms with E-state index in [0.717, 1.165) is 11.3 Å². The zero-order chi connectivity index (χ0) is 13.8. The Morgan fingerprint density at radius 2 is 2.00 bits per heavy atom. The summed E-state index contributed by atoms with van der Waals surface area (Å²) >= 11 is 0. The number of benzene rings is 1. The van der Waals surface area contributed by atoms with Crippen LogP contribution in [0.2, 0.25) is 0 Å². The molecular weight excluding hydrogens is 256 g/mol. The molecule has 1 heterocycles. The molecule has 0 spiro atoms. The zero-order valence-corrected chi connectivity index (χ0v) is 11.2. The van der Waals surface area contributed by atoms with Gasteiger partial charge in [0.1, 0.15) is 0 Å². The van der Waals surface area contributed by atoms with Crippen LogP contribution in [0.3, 0.4) is 0 Å². The molecule has 0 radical (unpaired) electrons. The van der Waals surface area contributed by atoms with Crippen molar-refractivity contribution in [2.75, 3.05) is 11.9 Å². The molecule has 1 aliphatic carbocycles. The van der Waals surface area contributed by atoms with Gasteiger partial charge in [-0.05, 0) is 37.0 Å². The van der Waals surface area contributed by atoms with Gasteiger partial charge < -0.3 is 20.2 Å². The Bertz CT molecular complexity index is 549. The molecule has 1 saturated carbocycles. The number of aliphatic hydroxyl groups excluding tert-OH is 1. The smallest absolute Gasteiger partial charge is 0.320 e. The van der Waals surface area contributed by atoms with Crippen molar-refractivity contribution in [3.8, 4) is 0 Å². The topological polar surface area (TPSA) is 83.2 Å². The van der Waals surface area contributed by atoms with Crippen LogP contribution in [-0.4, -0.2) is 28.0 Å². The van der Waals surface area contributed by atoms with Crippen LogP contribution in [0.1, 0.15) is 24.3 Å². The van der Waals surface area contributed by atoms with Gasteiger partial charge in [-0.15, -0.1) is 5.10 Å². The molecule has 3 N–H and O–H groups in total. The van der Waals surface area contributed by atoms with Crippen LogP contribution in [0, 0.1) is 0 Å². The van der Waals surface area contributed by atoms with Crippen molar-refractivity contribution in [2.45, 2.75) is 31.8 Å². The van der Waals surface area contributed by atoms with Gasteiger partial charge in [-0.1, -0.05) is 17.2 Å². The second-order valence-electron chi connectivity index (χ2n) is 4.95. The predicted octanol–water partition coefficient (Wildman–Crippen LogP) is 1.60. The fourth-order valence-corrected chi connectivity index (χ4v) is 1.90. The van der Waals surface area contributed by atoms with E-state index in [1.165, 1.54) is 12.8 Å². The highest BCUT2D eigenvalue weighted by Crippen LogP contribution is 2.20. The molecule has 1 aromatic heterocycles. The maximum atomic E-state index is 8.87. The summed E-state index contributed by atoms with van der Waals surface area (Å²) in [5, 5.41) is 23.2. The molecule has 1 aliphatic rings. The Labute approximate surface area is 117 Å². The van der Waals surface area contributed by atoms with E-state index in [0.29, 0.717) is 30.9 Å². The van der Waals surface area contributed by atoms with Crippen LogP contribution in [0.25, 0.3) is 0 Å². The van der Waals surface area contributed by atoms with Crippen molar-refractivity contribution < 1.29 is 9.52 Å². The van der Waals surface area contributed by atoms with Crippen molar-refractivity contribution in [1.29, 1.82) is 0 Å². The lowest BCUT2D eigenvalue weighted by Gasteiger charge is -2.03. The lowest BCUT2D eigenvalue weighted by Crippen LogP contribution is -2.15. The first-order valence-electron chi connectivity index (χ1n) is 6.86. The molecule has 0 saturated heterocycles.